The van der Waals surface area contributed by atoms with E-state index in [-0.39, 0.29) is 25.6 Å². The zero-order valence-corrected chi connectivity index (χ0v) is 23.0. The number of hydrogen-bond donors (Lipinski definition) is 3. The van der Waals surface area contributed by atoms with Gasteiger partial charge in [0.1, 0.15) is 6.61 Å². The molecule has 0 fully saturated rings. The van der Waals surface area contributed by atoms with E-state index in [9.17, 15) is 9.59 Å². The average Bonchev–Trinajstić information content (AvgIpc) is 2.99. The standard InChI is InChI=1S/C29H25N9O3S/c30-25-10-9-22(24-3-1-2-4-27(24)42)14-26(25)35-28(39)21-7-5-18(6-8-21)15-33-29(40)41-17-20-11-19(16-34-37-31)12-23(13-20)36-38-32/h1-3,5-14H,4,15-17,30H2,(H,33,40)(H,35,39). The molecule has 0 saturated carbocycles. The molecule has 2 amide bonds. The van der Waals surface area contributed by atoms with Gasteiger partial charge in [-0.2, -0.15) is 0 Å². The third kappa shape index (κ3) is 7.96. The number of anilines is 2. The van der Waals surface area contributed by atoms with Gasteiger partial charge in [0.15, 0.2) is 0 Å². The van der Waals surface area contributed by atoms with Gasteiger partial charge in [0.05, 0.1) is 17.9 Å². The zero-order chi connectivity index (χ0) is 29.9. The number of amides is 2. The van der Waals surface area contributed by atoms with Gasteiger partial charge in [0.2, 0.25) is 0 Å². The van der Waals surface area contributed by atoms with Crippen LogP contribution in [0.1, 0.15) is 39.0 Å². The molecule has 0 bridgehead atoms. The summed E-state index contributed by atoms with van der Waals surface area (Å²) in [5, 5.41) is 12.6. The molecular weight excluding hydrogens is 554 g/mol. The van der Waals surface area contributed by atoms with Crippen LogP contribution in [0.4, 0.5) is 21.9 Å². The van der Waals surface area contributed by atoms with E-state index in [2.05, 4.69) is 30.7 Å². The molecule has 3 aromatic rings. The van der Waals surface area contributed by atoms with Gasteiger partial charge in [-0.1, -0.05) is 64.9 Å². The van der Waals surface area contributed by atoms with Crippen LogP contribution in [-0.2, 0) is 24.4 Å². The molecule has 4 rings (SSSR count). The highest BCUT2D eigenvalue weighted by atomic mass is 32.1. The lowest BCUT2D eigenvalue weighted by molar-refractivity contribution is 0.102. The highest BCUT2D eigenvalue weighted by Crippen LogP contribution is 2.28. The van der Waals surface area contributed by atoms with Crippen LogP contribution in [0.5, 0.6) is 0 Å². The van der Waals surface area contributed by atoms with Crippen LogP contribution in [0.3, 0.4) is 0 Å². The molecule has 0 radical (unpaired) electrons. The fraction of sp³-hybridized carbons (Fsp3) is 0.138. The number of benzene rings is 3. The van der Waals surface area contributed by atoms with E-state index in [1.165, 1.54) is 0 Å². The number of thiocarbonyl (C=S) groups is 1. The molecular formula is C29H25N9O3S. The van der Waals surface area contributed by atoms with Crippen molar-refractivity contribution in [3.63, 3.8) is 0 Å². The minimum atomic E-state index is -0.666. The van der Waals surface area contributed by atoms with Crippen molar-refractivity contribution < 1.29 is 14.3 Å². The Balaban J connectivity index is 1.32. The first-order chi connectivity index (χ1) is 20.4. The van der Waals surface area contributed by atoms with E-state index in [4.69, 9.17) is 33.8 Å². The molecule has 0 unspecified atom stereocenters. The van der Waals surface area contributed by atoms with E-state index >= 15 is 0 Å². The van der Waals surface area contributed by atoms with Crippen LogP contribution in [0.25, 0.3) is 26.5 Å². The zero-order valence-electron chi connectivity index (χ0n) is 22.2. The van der Waals surface area contributed by atoms with Gasteiger partial charge < -0.3 is 21.1 Å². The molecule has 4 N–H and O–H groups in total. The number of carbonyl (C=O) groups excluding carboxylic acids is 2. The van der Waals surface area contributed by atoms with Crippen LogP contribution < -0.4 is 16.4 Å². The van der Waals surface area contributed by atoms with Crippen LogP contribution in [0, 0.1) is 0 Å². The van der Waals surface area contributed by atoms with Gasteiger partial charge in [0.25, 0.3) is 5.91 Å². The number of nitrogen functional groups attached to an aromatic ring is 1. The maximum Gasteiger partial charge on any atom is 0.407 e. The van der Waals surface area contributed by atoms with Crippen molar-refractivity contribution >= 4 is 51.7 Å². The Morgan fingerprint density at radius 1 is 1.00 bits per heavy atom. The second-order valence-corrected chi connectivity index (χ2v) is 9.60. The largest absolute Gasteiger partial charge is 0.445 e. The Morgan fingerprint density at radius 3 is 2.52 bits per heavy atom. The number of rotatable bonds is 10. The van der Waals surface area contributed by atoms with Gasteiger partial charge in [-0.3, -0.25) is 4.79 Å². The molecule has 210 valence electrons. The van der Waals surface area contributed by atoms with Gasteiger partial charge in [-0.25, -0.2) is 4.79 Å². The highest BCUT2D eigenvalue weighted by molar-refractivity contribution is 7.81. The molecule has 0 atom stereocenters. The highest BCUT2D eigenvalue weighted by Gasteiger charge is 2.14. The number of hydrogen-bond acceptors (Lipinski definition) is 7. The number of nitrogens with zero attached hydrogens (tertiary/aromatic N) is 6. The number of carbonyl (C=O) groups is 2. The van der Waals surface area contributed by atoms with Crippen molar-refractivity contribution in [1.29, 1.82) is 0 Å². The summed E-state index contributed by atoms with van der Waals surface area (Å²) in [6, 6.07) is 17.0. The van der Waals surface area contributed by atoms with Crippen molar-refractivity contribution in [3.05, 3.63) is 128 Å². The summed E-state index contributed by atoms with van der Waals surface area (Å²) in [4.78, 5) is 31.5. The SMILES string of the molecule is [N-]=[N+]=NCc1cc(COC(=O)NCc2ccc(C(=O)Nc3cc(C4=CC=CCC4=S)ccc3N)cc2)cc(N=[N+]=[N-])c1. The maximum atomic E-state index is 12.9. The normalized spacial score (nSPS) is 11.9. The molecule has 3 aromatic carbocycles. The van der Waals surface area contributed by atoms with Crippen molar-refractivity contribution in [2.24, 2.45) is 10.2 Å². The molecule has 12 nitrogen and oxygen atoms in total. The van der Waals surface area contributed by atoms with Crippen LogP contribution >= 0.6 is 12.2 Å². The number of allylic oxidation sites excluding steroid dienone is 4. The first-order valence-electron chi connectivity index (χ1n) is 12.7. The van der Waals surface area contributed by atoms with Crippen LogP contribution in [0.15, 0.2) is 89.1 Å². The van der Waals surface area contributed by atoms with Gasteiger partial charge in [-0.05, 0) is 75.3 Å². The Morgan fingerprint density at radius 2 is 1.79 bits per heavy atom. The van der Waals surface area contributed by atoms with E-state index in [1.807, 2.05) is 30.4 Å². The molecule has 0 aliphatic heterocycles. The molecule has 0 spiro atoms. The second kappa shape index (κ2) is 14.1. The fourth-order valence-corrected chi connectivity index (χ4v) is 4.40. The third-order valence-electron chi connectivity index (χ3n) is 6.15. The summed E-state index contributed by atoms with van der Waals surface area (Å²) in [5.41, 5.74) is 28.7. The van der Waals surface area contributed by atoms with Crippen LogP contribution in [-0.4, -0.2) is 16.9 Å². The monoisotopic (exact) mass is 579 g/mol. The Kier molecular flexibility index (Phi) is 9.90. The molecule has 13 heteroatoms. The van der Waals surface area contributed by atoms with E-state index < -0.39 is 6.09 Å². The number of alkyl carbamates (subject to hydrolysis) is 1. The summed E-state index contributed by atoms with van der Waals surface area (Å²) in [6.07, 6.45) is 5.92. The van der Waals surface area contributed by atoms with Crippen molar-refractivity contribution in [2.45, 2.75) is 26.1 Å². The summed E-state index contributed by atoms with van der Waals surface area (Å²) in [5.74, 6) is -0.333. The third-order valence-corrected chi connectivity index (χ3v) is 6.54. The van der Waals surface area contributed by atoms with Crippen LogP contribution in [0.2, 0.25) is 0 Å². The summed E-state index contributed by atoms with van der Waals surface area (Å²) in [7, 11) is 0. The quantitative estimate of drug-likeness (QED) is 0.0738. The maximum absolute atomic E-state index is 12.9. The van der Waals surface area contributed by atoms with Crippen molar-refractivity contribution in [3.8, 4) is 0 Å². The van der Waals surface area contributed by atoms with Crippen molar-refractivity contribution in [1.82, 2.24) is 5.32 Å². The first-order valence-corrected chi connectivity index (χ1v) is 13.1. The molecule has 1 aliphatic rings. The fourth-order valence-electron chi connectivity index (χ4n) is 4.11. The lowest BCUT2D eigenvalue weighted by atomic mass is 9.96. The van der Waals surface area contributed by atoms with E-state index in [0.717, 1.165) is 21.6 Å². The summed E-state index contributed by atoms with van der Waals surface area (Å²) >= 11 is 5.47. The van der Waals surface area contributed by atoms with Gasteiger partial charge in [-0.15, -0.1) is 0 Å². The molecule has 42 heavy (non-hydrogen) atoms. The lowest BCUT2D eigenvalue weighted by Crippen LogP contribution is -2.23. The summed E-state index contributed by atoms with van der Waals surface area (Å²) < 4.78 is 5.26. The second-order valence-electron chi connectivity index (χ2n) is 9.10. The number of nitrogens with one attached hydrogen (secondary N) is 2. The molecule has 0 heterocycles. The Hall–Kier alpha value is -5.61. The van der Waals surface area contributed by atoms with Crippen molar-refractivity contribution in [2.75, 3.05) is 11.1 Å². The molecule has 1 aliphatic carbocycles. The van der Waals surface area contributed by atoms with E-state index in [0.29, 0.717) is 40.2 Å². The Labute approximate surface area is 246 Å². The topological polar surface area (TPSA) is 191 Å². The molecule has 0 saturated heterocycles. The van der Waals surface area contributed by atoms with Gasteiger partial charge in [0, 0.05) is 38.9 Å². The number of nitrogens with two attached hydrogens (primary N) is 1. The average molecular weight is 580 g/mol. The minimum Gasteiger partial charge on any atom is -0.445 e. The number of ether oxygens (including phenoxy) is 1. The smallest absolute Gasteiger partial charge is 0.407 e. The predicted octanol–water partition coefficient (Wildman–Crippen LogP) is 7.41. The minimum absolute atomic E-state index is 0.0585. The van der Waals surface area contributed by atoms with Gasteiger partial charge >= 0.3 is 6.09 Å². The lowest BCUT2D eigenvalue weighted by Gasteiger charge is -2.14. The van der Waals surface area contributed by atoms with E-state index in [1.54, 1.807) is 48.5 Å². The number of azide groups is 2. The Bertz CT molecular complexity index is 1690. The molecule has 0 aromatic heterocycles. The first kappa shape index (κ1) is 29.4. The summed E-state index contributed by atoms with van der Waals surface area (Å²) in [6.45, 7) is 0.135. The predicted molar refractivity (Wildman–Crippen MR) is 165 cm³/mol.